The van der Waals surface area contributed by atoms with Crippen molar-refractivity contribution >= 4 is 29.0 Å². The molecule has 2 rings (SSSR count). The third-order valence-corrected chi connectivity index (χ3v) is 3.12. The van der Waals surface area contributed by atoms with Gasteiger partial charge in [-0.05, 0) is 18.4 Å². The summed E-state index contributed by atoms with van der Waals surface area (Å²) in [6, 6.07) is 4.59. The molecule has 0 aromatic carbocycles. The first kappa shape index (κ1) is 11.4. The lowest BCUT2D eigenvalue weighted by molar-refractivity contribution is 0.490. The summed E-state index contributed by atoms with van der Waals surface area (Å²) in [7, 11) is 1.91. The summed E-state index contributed by atoms with van der Waals surface area (Å²) in [5, 5.41) is 9.62. The molecule has 2 aromatic rings. The lowest BCUT2D eigenvalue weighted by Gasteiger charge is -2.11. The maximum atomic E-state index is 5.85. The highest BCUT2D eigenvalue weighted by Gasteiger charge is 2.14. The standard InChI is InChI=1S/C10H12ClN3OS/c1-7(11)9-12-13-10(15-9)14(2)6-8-4-3-5-16-8/h3-5,7H,6H2,1-2H3. The van der Waals surface area contributed by atoms with Crippen LogP contribution in [-0.2, 0) is 6.54 Å². The van der Waals surface area contributed by atoms with Crippen LogP contribution < -0.4 is 4.90 Å². The second kappa shape index (κ2) is 4.84. The van der Waals surface area contributed by atoms with Gasteiger partial charge in [0.1, 0.15) is 5.38 Å². The van der Waals surface area contributed by atoms with E-state index >= 15 is 0 Å². The van der Waals surface area contributed by atoms with Gasteiger partial charge in [-0.25, -0.2) is 0 Å². The number of alkyl halides is 1. The molecular formula is C10H12ClN3OS. The van der Waals surface area contributed by atoms with E-state index < -0.39 is 0 Å². The van der Waals surface area contributed by atoms with Crippen molar-refractivity contribution in [1.82, 2.24) is 10.2 Å². The smallest absolute Gasteiger partial charge is 0.318 e. The molecule has 0 saturated carbocycles. The van der Waals surface area contributed by atoms with Gasteiger partial charge in [-0.3, -0.25) is 0 Å². The minimum absolute atomic E-state index is 0.253. The molecule has 0 radical (unpaired) electrons. The molecule has 86 valence electrons. The van der Waals surface area contributed by atoms with Crippen LogP contribution in [0.4, 0.5) is 6.01 Å². The van der Waals surface area contributed by atoms with Crippen LogP contribution >= 0.6 is 22.9 Å². The first-order chi connectivity index (χ1) is 7.66. The number of hydrogen-bond donors (Lipinski definition) is 0. The van der Waals surface area contributed by atoms with E-state index in [2.05, 4.69) is 16.3 Å². The van der Waals surface area contributed by atoms with E-state index in [1.54, 1.807) is 18.3 Å². The van der Waals surface area contributed by atoms with Crippen molar-refractivity contribution in [2.24, 2.45) is 0 Å². The Balaban J connectivity index is 2.06. The van der Waals surface area contributed by atoms with Gasteiger partial charge in [0.15, 0.2) is 0 Å². The largest absolute Gasteiger partial charge is 0.406 e. The fourth-order valence-corrected chi connectivity index (χ4v) is 2.09. The maximum Gasteiger partial charge on any atom is 0.318 e. The van der Waals surface area contributed by atoms with Crippen LogP contribution in [0, 0.1) is 0 Å². The van der Waals surface area contributed by atoms with Crippen LogP contribution in [0.1, 0.15) is 23.1 Å². The molecule has 0 aliphatic rings. The molecule has 2 heterocycles. The van der Waals surface area contributed by atoms with Gasteiger partial charge in [-0.1, -0.05) is 11.2 Å². The molecule has 0 saturated heterocycles. The third-order valence-electron chi connectivity index (χ3n) is 2.07. The molecule has 6 heteroatoms. The highest BCUT2D eigenvalue weighted by Crippen LogP contribution is 2.22. The average Bonchev–Trinajstić information content (AvgIpc) is 2.86. The number of hydrogen-bond acceptors (Lipinski definition) is 5. The number of rotatable bonds is 4. The van der Waals surface area contributed by atoms with Crippen LogP contribution in [-0.4, -0.2) is 17.2 Å². The Kier molecular flexibility index (Phi) is 3.46. The Morgan fingerprint density at radius 1 is 1.56 bits per heavy atom. The molecule has 0 aliphatic heterocycles. The van der Waals surface area contributed by atoms with E-state index in [0.717, 1.165) is 6.54 Å². The van der Waals surface area contributed by atoms with Crippen molar-refractivity contribution in [3.05, 3.63) is 28.3 Å². The molecule has 0 amide bonds. The van der Waals surface area contributed by atoms with Gasteiger partial charge >= 0.3 is 6.01 Å². The summed E-state index contributed by atoms with van der Waals surface area (Å²) in [4.78, 5) is 3.16. The highest BCUT2D eigenvalue weighted by atomic mass is 35.5. The normalized spacial score (nSPS) is 12.7. The van der Waals surface area contributed by atoms with Crippen molar-refractivity contribution in [3.63, 3.8) is 0 Å². The molecule has 1 atom stereocenters. The summed E-state index contributed by atoms with van der Waals surface area (Å²) in [6.07, 6.45) is 0. The van der Waals surface area contributed by atoms with Crippen LogP contribution in [0.5, 0.6) is 0 Å². The predicted octanol–water partition coefficient (Wildman–Crippen LogP) is 3.07. The second-order valence-electron chi connectivity index (χ2n) is 3.47. The molecular weight excluding hydrogens is 246 g/mol. The number of thiophene rings is 1. The summed E-state index contributed by atoms with van der Waals surface area (Å²) in [5.74, 6) is 0.453. The van der Waals surface area contributed by atoms with Crippen molar-refractivity contribution in [2.45, 2.75) is 18.8 Å². The second-order valence-corrected chi connectivity index (χ2v) is 5.16. The number of aromatic nitrogens is 2. The zero-order valence-electron chi connectivity index (χ0n) is 9.05. The Bertz CT molecular complexity index is 441. The quantitative estimate of drug-likeness (QED) is 0.790. The topological polar surface area (TPSA) is 42.2 Å². The molecule has 2 aromatic heterocycles. The maximum absolute atomic E-state index is 5.85. The molecule has 1 unspecified atom stereocenters. The minimum atomic E-state index is -0.253. The zero-order valence-corrected chi connectivity index (χ0v) is 10.6. The van der Waals surface area contributed by atoms with Gasteiger partial charge in [-0.2, -0.15) is 0 Å². The Morgan fingerprint density at radius 2 is 2.38 bits per heavy atom. The molecule has 16 heavy (non-hydrogen) atoms. The first-order valence-corrected chi connectivity index (χ1v) is 6.19. The molecule has 4 nitrogen and oxygen atoms in total. The summed E-state index contributed by atoms with van der Waals surface area (Å²) in [6.45, 7) is 2.56. The van der Waals surface area contributed by atoms with Gasteiger partial charge in [0.2, 0.25) is 5.89 Å². The predicted molar refractivity (Wildman–Crippen MR) is 65.0 cm³/mol. The number of anilines is 1. The van der Waals surface area contributed by atoms with Crippen molar-refractivity contribution in [2.75, 3.05) is 11.9 Å². The Labute approximate surface area is 103 Å². The lowest BCUT2D eigenvalue weighted by atomic mass is 10.4. The third kappa shape index (κ3) is 2.54. The van der Waals surface area contributed by atoms with Gasteiger partial charge in [0, 0.05) is 11.9 Å². The monoisotopic (exact) mass is 257 g/mol. The first-order valence-electron chi connectivity index (χ1n) is 4.88. The van der Waals surface area contributed by atoms with Gasteiger partial charge in [0.25, 0.3) is 0 Å². The molecule has 0 aliphatic carbocycles. The van der Waals surface area contributed by atoms with Crippen molar-refractivity contribution in [1.29, 1.82) is 0 Å². The van der Waals surface area contributed by atoms with Crippen LogP contribution in [0.3, 0.4) is 0 Å². The van der Waals surface area contributed by atoms with Crippen LogP contribution in [0.25, 0.3) is 0 Å². The van der Waals surface area contributed by atoms with Crippen LogP contribution in [0.15, 0.2) is 21.9 Å². The SMILES string of the molecule is CC(Cl)c1nnc(N(C)Cc2cccs2)o1. The Morgan fingerprint density at radius 3 is 2.94 bits per heavy atom. The van der Waals surface area contributed by atoms with Crippen molar-refractivity contribution in [3.8, 4) is 0 Å². The Hall–Kier alpha value is -1.07. The van der Waals surface area contributed by atoms with E-state index in [4.69, 9.17) is 16.0 Å². The van der Waals surface area contributed by atoms with Crippen molar-refractivity contribution < 1.29 is 4.42 Å². The summed E-state index contributed by atoms with van der Waals surface area (Å²) >= 11 is 7.55. The minimum Gasteiger partial charge on any atom is -0.406 e. The number of nitrogens with zero attached hydrogens (tertiary/aromatic N) is 3. The van der Waals surface area contributed by atoms with E-state index in [-0.39, 0.29) is 5.38 Å². The van der Waals surface area contributed by atoms with Gasteiger partial charge in [0.05, 0.1) is 6.54 Å². The molecule has 0 fully saturated rings. The number of halogens is 1. The molecule has 0 bridgehead atoms. The van der Waals surface area contributed by atoms with E-state index in [0.29, 0.717) is 11.9 Å². The van der Waals surface area contributed by atoms with Crippen LogP contribution in [0.2, 0.25) is 0 Å². The van der Waals surface area contributed by atoms with Gasteiger partial charge < -0.3 is 9.32 Å². The fourth-order valence-electron chi connectivity index (χ4n) is 1.25. The summed E-state index contributed by atoms with van der Waals surface area (Å²) < 4.78 is 5.43. The molecule has 0 spiro atoms. The van der Waals surface area contributed by atoms with E-state index in [1.165, 1.54) is 4.88 Å². The highest BCUT2D eigenvalue weighted by molar-refractivity contribution is 7.09. The van der Waals surface area contributed by atoms with E-state index in [1.807, 2.05) is 23.4 Å². The fraction of sp³-hybridized carbons (Fsp3) is 0.400. The zero-order chi connectivity index (χ0) is 11.5. The summed E-state index contributed by atoms with van der Waals surface area (Å²) in [5.41, 5.74) is 0. The molecule has 0 N–H and O–H groups in total. The van der Waals surface area contributed by atoms with E-state index in [9.17, 15) is 0 Å². The lowest BCUT2D eigenvalue weighted by Crippen LogP contribution is -2.15. The van der Waals surface area contributed by atoms with Gasteiger partial charge in [-0.15, -0.1) is 28.0 Å². The average molecular weight is 258 g/mol.